The Bertz CT molecular complexity index is 984. The van der Waals surface area contributed by atoms with Gasteiger partial charge in [0.25, 0.3) is 5.91 Å². The number of aromatic nitrogens is 1. The van der Waals surface area contributed by atoms with E-state index in [-0.39, 0.29) is 5.82 Å². The molecular weight excluding hydrogens is 383 g/mol. The highest BCUT2D eigenvalue weighted by Crippen LogP contribution is 2.28. The standard InChI is InChI=1S/C20H17FN2O4S/c1-12-18(28-19(22-12)13-3-5-14(21)6-4-13)20(25)27-11-17(24)23-15-7-9-16(26-2)10-8-15/h3-10H,11H2,1-2H3,(H,23,24). The molecule has 0 radical (unpaired) electrons. The van der Waals surface area contributed by atoms with E-state index in [2.05, 4.69) is 10.3 Å². The summed E-state index contributed by atoms with van der Waals surface area (Å²) in [4.78, 5) is 28.9. The van der Waals surface area contributed by atoms with E-state index in [4.69, 9.17) is 9.47 Å². The molecule has 1 heterocycles. The molecule has 2 aromatic carbocycles. The number of aryl methyl sites for hydroxylation is 1. The summed E-state index contributed by atoms with van der Waals surface area (Å²) in [5.74, 6) is -0.769. The molecule has 0 saturated carbocycles. The Morgan fingerprint density at radius 3 is 2.43 bits per heavy atom. The molecule has 0 spiro atoms. The number of halogens is 1. The van der Waals surface area contributed by atoms with Crippen LogP contribution in [0.4, 0.5) is 10.1 Å². The number of ether oxygens (including phenoxy) is 2. The van der Waals surface area contributed by atoms with Gasteiger partial charge in [0.15, 0.2) is 6.61 Å². The predicted molar refractivity (Wildman–Crippen MR) is 104 cm³/mol. The maximum absolute atomic E-state index is 13.1. The number of hydrogen-bond donors (Lipinski definition) is 1. The van der Waals surface area contributed by atoms with E-state index in [0.717, 1.165) is 11.3 Å². The molecule has 3 aromatic rings. The van der Waals surface area contributed by atoms with Gasteiger partial charge < -0.3 is 14.8 Å². The zero-order valence-corrected chi connectivity index (χ0v) is 16.0. The van der Waals surface area contributed by atoms with E-state index < -0.39 is 18.5 Å². The molecule has 0 aliphatic carbocycles. The number of anilines is 1. The van der Waals surface area contributed by atoms with Crippen LogP contribution in [0.2, 0.25) is 0 Å². The quantitative estimate of drug-likeness (QED) is 0.632. The lowest BCUT2D eigenvalue weighted by Gasteiger charge is -2.07. The van der Waals surface area contributed by atoms with Gasteiger partial charge in [0.2, 0.25) is 0 Å². The average Bonchev–Trinajstić information content (AvgIpc) is 3.09. The van der Waals surface area contributed by atoms with Crippen molar-refractivity contribution in [2.75, 3.05) is 19.0 Å². The third kappa shape index (κ3) is 4.72. The second kappa shape index (κ2) is 8.62. The van der Waals surface area contributed by atoms with Crippen molar-refractivity contribution in [1.82, 2.24) is 4.98 Å². The summed E-state index contributed by atoms with van der Waals surface area (Å²) >= 11 is 1.13. The van der Waals surface area contributed by atoms with Gasteiger partial charge in [-0.05, 0) is 55.5 Å². The fourth-order valence-electron chi connectivity index (χ4n) is 2.37. The Morgan fingerprint density at radius 2 is 1.79 bits per heavy atom. The maximum Gasteiger partial charge on any atom is 0.350 e. The Morgan fingerprint density at radius 1 is 1.11 bits per heavy atom. The Kier molecular flexibility index (Phi) is 6.00. The number of benzene rings is 2. The van der Waals surface area contributed by atoms with E-state index in [1.165, 1.54) is 12.1 Å². The lowest BCUT2D eigenvalue weighted by Crippen LogP contribution is -2.20. The minimum atomic E-state index is -0.631. The highest BCUT2D eigenvalue weighted by molar-refractivity contribution is 7.17. The lowest BCUT2D eigenvalue weighted by molar-refractivity contribution is -0.119. The first-order valence-electron chi connectivity index (χ1n) is 8.30. The second-order valence-electron chi connectivity index (χ2n) is 5.79. The van der Waals surface area contributed by atoms with Crippen molar-refractivity contribution in [3.63, 3.8) is 0 Å². The van der Waals surface area contributed by atoms with E-state index in [0.29, 0.717) is 32.6 Å². The van der Waals surface area contributed by atoms with Crippen molar-refractivity contribution < 1.29 is 23.5 Å². The van der Waals surface area contributed by atoms with Crippen molar-refractivity contribution in [3.8, 4) is 16.3 Å². The van der Waals surface area contributed by atoms with Crippen molar-refractivity contribution in [2.45, 2.75) is 6.92 Å². The summed E-state index contributed by atoms with van der Waals surface area (Å²) in [5, 5.41) is 3.21. The Balaban J connectivity index is 1.59. The van der Waals surface area contributed by atoms with Gasteiger partial charge in [-0.15, -0.1) is 11.3 Å². The van der Waals surface area contributed by atoms with Crippen LogP contribution in [0.3, 0.4) is 0 Å². The molecule has 6 nitrogen and oxygen atoms in total. The van der Waals surface area contributed by atoms with E-state index >= 15 is 0 Å². The van der Waals surface area contributed by atoms with Crippen molar-refractivity contribution in [1.29, 1.82) is 0 Å². The predicted octanol–water partition coefficient (Wildman–Crippen LogP) is 4.06. The highest BCUT2D eigenvalue weighted by Gasteiger charge is 2.18. The van der Waals surface area contributed by atoms with Crippen LogP contribution in [0.25, 0.3) is 10.6 Å². The molecule has 8 heteroatoms. The van der Waals surface area contributed by atoms with Gasteiger partial charge in [-0.3, -0.25) is 4.79 Å². The number of amides is 1. The van der Waals surface area contributed by atoms with Gasteiger partial charge in [-0.2, -0.15) is 0 Å². The summed E-state index contributed by atoms with van der Waals surface area (Å²) in [7, 11) is 1.55. The van der Waals surface area contributed by atoms with Crippen LogP contribution in [0.15, 0.2) is 48.5 Å². The van der Waals surface area contributed by atoms with E-state index in [9.17, 15) is 14.0 Å². The topological polar surface area (TPSA) is 77.5 Å². The van der Waals surface area contributed by atoms with Gasteiger partial charge in [-0.1, -0.05) is 0 Å². The maximum atomic E-state index is 13.1. The smallest absolute Gasteiger partial charge is 0.350 e. The first kappa shape index (κ1) is 19.5. The summed E-state index contributed by atoms with van der Waals surface area (Å²) in [6.45, 7) is 1.26. The van der Waals surface area contributed by atoms with Gasteiger partial charge in [0, 0.05) is 11.3 Å². The average molecular weight is 400 g/mol. The Hall–Kier alpha value is -3.26. The van der Waals surface area contributed by atoms with Gasteiger partial charge in [0.05, 0.1) is 12.8 Å². The first-order chi connectivity index (χ1) is 13.5. The minimum Gasteiger partial charge on any atom is -0.497 e. The van der Waals surface area contributed by atoms with Crippen LogP contribution in [-0.2, 0) is 9.53 Å². The van der Waals surface area contributed by atoms with Gasteiger partial charge >= 0.3 is 5.97 Å². The number of thiazole rings is 1. The summed E-state index contributed by atoms with van der Waals surface area (Å²) in [6, 6.07) is 12.6. The van der Waals surface area contributed by atoms with Crippen LogP contribution in [0.5, 0.6) is 5.75 Å². The summed E-state index contributed by atoms with van der Waals surface area (Å²) in [6.07, 6.45) is 0. The van der Waals surface area contributed by atoms with Crippen LogP contribution >= 0.6 is 11.3 Å². The molecule has 1 aromatic heterocycles. The summed E-state index contributed by atoms with van der Waals surface area (Å²) < 4.78 is 23.2. The molecule has 0 atom stereocenters. The molecule has 144 valence electrons. The fourth-order valence-corrected chi connectivity index (χ4v) is 3.34. The number of carbonyl (C=O) groups is 2. The number of methoxy groups -OCH3 is 1. The monoisotopic (exact) mass is 400 g/mol. The number of esters is 1. The highest BCUT2D eigenvalue weighted by atomic mass is 32.1. The molecular formula is C20H17FN2O4S. The molecule has 1 amide bonds. The molecule has 0 unspecified atom stereocenters. The summed E-state index contributed by atoms with van der Waals surface area (Å²) in [5.41, 5.74) is 1.75. The zero-order chi connectivity index (χ0) is 20.1. The van der Waals surface area contributed by atoms with Gasteiger partial charge in [-0.25, -0.2) is 14.2 Å². The zero-order valence-electron chi connectivity index (χ0n) is 15.2. The molecule has 3 rings (SSSR count). The molecule has 0 saturated heterocycles. The number of nitrogens with one attached hydrogen (secondary N) is 1. The largest absolute Gasteiger partial charge is 0.497 e. The number of nitrogens with zero attached hydrogens (tertiary/aromatic N) is 1. The lowest BCUT2D eigenvalue weighted by atomic mass is 10.2. The van der Waals surface area contributed by atoms with Crippen LogP contribution in [-0.4, -0.2) is 30.6 Å². The van der Waals surface area contributed by atoms with Gasteiger partial charge in [0.1, 0.15) is 21.5 Å². The molecule has 0 bridgehead atoms. The van der Waals surface area contributed by atoms with E-state index in [1.54, 1.807) is 50.4 Å². The SMILES string of the molecule is COc1ccc(NC(=O)COC(=O)c2sc(-c3ccc(F)cc3)nc2C)cc1. The minimum absolute atomic E-state index is 0.302. The molecule has 28 heavy (non-hydrogen) atoms. The normalized spacial score (nSPS) is 10.4. The first-order valence-corrected chi connectivity index (χ1v) is 9.12. The fraction of sp³-hybridized carbons (Fsp3) is 0.150. The van der Waals surface area contributed by atoms with Crippen molar-refractivity contribution in [3.05, 3.63) is 64.9 Å². The van der Waals surface area contributed by atoms with Crippen LogP contribution in [0.1, 0.15) is 15.4 Å². The van der Waals surface area contributed by atoms with Crippen LogP contribution < -0.4 is 10.1 Å². The molecule has 0 aliphatic heterocycles. The molecule has 0 aliphatic rings. The molecule has 1 N–H and O–H groups in total. The second-order valence-corrected chi connectivity index (χ2v) is 6.79. The van der Waals surface area contributed by atoms with Crippen LogP contribution in [0, 0.1) is 12.7 Å². The van der Waals surface area contributed by atoms with Crippen molar-refractivity contribution in [2.24, 2.45) is 0 Å². The number of carbonyl (C=O) groups excluding carboxylic acids is 2. The third-order valence-electron chi connectivity index (χ3n) is 3.78. The third-order valence-corrected chi connectivity index (χ3v) is 4.97. The Labute approximate surface area is 164 Å². The van der Waals surface area contributed by atoms with E-state index in [1.807, 2.05) is 0 Å². The number of hydrogen-bond acceptors (Lipinski definition) is 6. The molecule has 0 fully saturated rings. The van der Waals surface area contributed by atoms with Crippen molar-refractivity contribution >= 4 is 28.9 Å². The number of rotatable bonds is 6.